The Balaban J connectivity index is 5.50. The molecule has 0 fully saturated rings. The molecule has 0 spiro atoms. The molecule has 4 atom stereocenters. The number of carboxylic acid groups (broad SMARTS) is 2. The number of carbonyl (C=O) groups excluding carboxylic acids is 3. The molecule has 0 aliphatic rings. The molecule has 0 aliphatic heterocycles. The van der Waals surface area contributed by atoms with Crippen LogP contribution in [0.5, 0.6) is 0 Å². The number of nitrogens with one attached hydrogen (secondary N) is 3. The van der Waals surface area contributed by atoms with Crippen LogP contribution in [0, 0.1) is 0 Å². The van der Waals surface area contributed by atoms with E-state index in [-0.39, 0.29) is 44.3 Å². The lowest BCUT2D eigenvalue weighted by Crippen LogP contribution is -2.57. The third kappa shape index (κ3) is 14.7. The van der Waals surface area contributed by atoms with Gasteiger partial charge in [-0.15, -0.1) is 0 Å². The average molecular weight is 533 g/mol. The monoisotopic (exact) mass is 532 g/mol. The molecule has 0 aromatic heterocycles. The number of guanidine groups is 2. The van der Waals surface area contributed by atoms with Gasteiger partial charge in [-0.1, -0.05) is 0 Å². The van der Waals surface area contributed by atoms with Gasteiger partial charge in [0.1, 0.15) is 18.1 Å². The highest BCUT2D eigenvalue weighted by atomic mass is 16.4. The van der Waals surface area contributed by atoms with E-state index < -0.39 is 66.9 Å². The first-order valence-electron chi connectivity index (χ1n) is 11.1. The van der Waals surface area contributed by atoms with Crippen molar-refractivity contribution in [2.24, 2.45) is 38.7 Å². The van der Waals surface area contributed by atoms with Gasteiger partial charge in [0, 0.05) is 13.1 Å². The standard InChI is InChI=1S/C19H36N10O8/c20-9(3-1-5-25-18(21)22)14(33)27-10(4-2-6-26-19(23)24)15(34)28-11(7-13(31)32)16(35)29-12(8-30)17(36)37/h9-12,30H,1-8,20H2,(H,27,33)(H,28,34)(H,29,35)(H,31,32)(H,36,37)(H4,21,22,25)(H4,23,24,26). The molecule has 0 heterocycles. The number of amides is 3. The second-order valence-corrected chi connectivity index (χ2v) is 7.81. The van der Waals surface area contributed by atoms with Crippen molar-refractivity contribution in [3.05, 3.63) is 0 Å². The van der Waals surface area contributed by atoms with Crippen molar-refractivity contribution in [2.75, 3.05) is 19.7 Å². The van der Waals surface area contributed by atoms with E-state index in [0.717, 1.165) is 0 Å². The van der Waals surface area contributed by atoms with Gasteiger partial charge in [-0.2, -0.15) is 0 Å². The van der Waals surface area contributed by atoms with E-state index in [1.165, 1.54) is 0 Å². The molecule has 0 aromatic carbocycles. The number of carbonyl (C=O) groups is 5. The minimum atomic E-state index is -1.73. The SMILES string of the molecule is NC(N)=NCCCC(N)C(=O)NC(CCCN=C(N)N)C(=O)NC(CC(=O)O)C(=O)NC(CO)C(=O)O. The highest BCUT2D eigenvalue weighted by Crippen LogP contribution is 2.04. The van der Waals surface area contributed by atoms with E-state index in [1.54, 1.807) is 0 Å². The second-order valence-electron chi connectivity index (χ2n) is 7.81. The molecule has 210 valence electrons. The van der Waals surface area contributed by atoms with Gasteiger partial charge in [0.05, 0.1) is 19.1 Å². The van der Waals surface area contributed by atoms with Crippen molar-refractivity contribution in [2.45, 2.75) is 56.3 Å². The van der Waals surface area contributed by atoms with E-state index in [2.05, 4.69) is 20.6 Å². The van der Waals surface area contributed by atoms with Gasteiger partial charge in [0.15, 0.2) is 11.9 Å². The Kier molecular flexibility index (Phi) is 15.3. The van der Waals surface area contributed by atoms with Crippen LogP contribution in [-0.4, -0.2) is 101 Å². The molecule has 0 saturated heterocycles. The number of rotatable bonds is 18. The Morgan fingerprint density at radius 2 is 1.16 bits per heavy atom. The second kappa shape index (κ2) is 17.3. The van der Waals surface area contributed by atoms with Crippen molar-refractivity contribution in [3.63, 3.8) is 0 Å². The highest BCUT2D eigenvalue weighted by molar-refractivity contribution is 5.95. The lowest BCUT2D eigenvalue weighted by Gasteiger charge is -2.24. The minimum absolute atomic E-state index is 0.0229. The summed E-state index contributed by atoms with van der Waals surface area (Å²) in [5, 5.41) is 33.7. The first-order valence-corrected chi connectivity index (χ1v) is 11.1. The molecule has 0 saturated carbocycles. The van der Waals surface area contributed by atoms with Crippen molar-refractivity contribution >= 4 is 41.6 Å². The molecule has 16 N–H and O–H groups in total. The highest BCUT2D eigenvalue weighted by Gasteiger charge is 2.31. The summed E-state index contributed by atoms with van der Waals surface area (Å²) in [5.74, 6) is -6.19. The van der Waals surface area contributed by atoms with Gasteiger partial charge in [-0.05, 0) is 25.7 Å². The van der Waals surface area contributed by atoms with Gasteiger partial charge in [0.2, 0.25) is 17.7 Å². The quantitative estimate of drug-likeness (QED) is 0.0446. The van der Waals surface area contributed by atoms with Crippen molar-refractivity contribution in [1.29, 1.82) is 0 Å². The fourth-order valence-electron chi connectivity index (χ4n) is 2.82. The van der Waals surface area contributed by atoms with Crippen LogP contribution >= 0.6 is 0 Å². The number of carboxylic acids is 2. The maximum Gasteiger partial charge on any atom is 0.328 e. The molecule has 0 rings (SSSR count). The van der Waals surface area contributed by atoms with E-state index in [4.69, 9.17) is 44.0 Å². The Morgan fingerprint density at radius 3 is 1.62 bits per heavy atom. The molecule has 0 aliphatic carbocycles. The normalized spacial score (nSPS) is 13.7. The van der Waals surface area contributed by atoms with E-state index >= 15 is 0 Å². The summed E-state index contributed by atoms with van der Waals surface area (Å²) in [6.45, 7) is -0.648. The third-order valence-corrected chi connectivity index (χ3v) is 4.69. The van der Waals surface area contributed by atoms with Gasteiger partial charge < -0.3 is 59.9 Å². The molecular formula is C19H36N10O8. The number of aliphatic imine (C=N–C) groups is 2. The number of nitrogens with zero attached hydrogens (tertiary/aromatic N) is 2. The number of hydrogen-bond acceptors (Lipinski definition) is 9. The molecular weight excluding hydrogens is 496 g/mol. The maximum absolute atomic E-state index is 12.9. The van der Waals surface area contributed by atoms with Crippen LogP contribution in [0.15, 0.2) is 9.98 Å². The minimum Gasteiger partial charge on any atom is -0.481 e. The summed E-state index contributed by atoms with van der Waals surface area (Å²) >= 11 is 0. The zero-order valence-corrected chi connectivity index (χ0v) is 20.1. The van der Waals surface area contributed by atoms with Crippen molar-refractivity contribution in [1.82, 2.24) is 16.0 Å². The Bertz CT molecular complexity index is 858. The van der Waals surface area contributed by atoms with Crippen LogP contribution in [0.1, 0.15) is 32.1 Å². The molecule has 0 radical (unpaired) electrons. The van der Waals surface area contributed by atoms with Crippen LogP contribution < -0.4 is 44.6 Å². The number of nitrogens with two attached hydrogens (primary N) is 5. The van der Waals surface area contributed by atoms with Crippen LogP contribution in [-0.2, 0) is 24.0 Å². The van der Waals surface area contributed by atoms with Crippen LogP contribution in [0.2, 0.25) is 0 Å². The predicted octanol–water partition coefficient (Wildman–Crippen LogP) is -5.57. The fourth-order valence-corrected chi connectivity index (χ4v) is 2.82. The summed E-state index contributed by atoms with van der Waals surface area (Å²) < 4.78 is 0. The first kappa shape index (κ1) is 32.8. The van der Waals surface area contributed by atoms with Crippen LogP contribution in [0.3, 0.4) is 0 Å². The fraction of sp³-hybridized carbons (Fsp3) is 0.632. The molecule has 18 nitrogen and oxygen atoms in total. The van der Waals surface area contributed by atoms with Gasteiger partial charge in [-0.3, -0.25) is 29.2 Å². The summed E-state index contributed by atoms with van der Waals surface area (Å²) in [4.78, 5) is 67.7. The molecule has 0 bridgehead atoms. The molecule has 4 unspecified atom stereocenters. The van der Waals surface area contributed by atoms with Crippen molar-refractivity contribution in [3.8, 4) is 0 Å². The number of aliphatic carboxylic acids is 2. The number of aliphatic hydroxyl groups excluding tert-OH is 1. The largest absolute Gasteiger partial charge is 0.481 e. The zero-order valence-electron chi connectivity index (χ0n) is 20.1. The van der Waals surface area contributed by atoms with Crippen molar-refractivity contribution < 1.29 is 39.3 Å². The molecule has 3 amide bonds. The maximum atomic E-state index is 12.9. The lowest BCUT2D eigenvalue weighted by atomic mass is 10.1. The Hall–Kier alpha value is -4.19. The predicted molar refractivity (Wildman–Crippen MR) is 131 cm³/mol. The smallest absolute Gasteiger partial charge is 0.328 e. The Labute approximate surface area is 212 Å². The molecule has 0 aromatic rings. The number of aliphatic hydroxyl groups is 1. The van der Waals surface area contributed by atoms with Gasteiger partial charge in [0.25, 0.3) is 0 Å². The third-order valence-electron chi connectivity index (χ3n) is 4.69. The van der Waals surface area contributed by atoms with Gasteiger partial charge >= 0.3 is 11.9 Å². The first-order chi connectivity index (χ1) is 17.3. The molecule has 18 heteroatoms. The van der Waals surface area contributed by atoms with E-state index in [0.29, 0.717) is 6.42 Å². The van der Waals surface area contributed by atoms with Crippen LogP contribution in [0.4, 0.5) is 0 Å². The number of hydrogen-bond donors (Lipinski definition) is 11. The summed E-state index contributed by atoms with van der Waals surface area (Å²) in [6.07, 6.45) is -0.187. The zero-order chi connectivity index (χ0) is 28.5. The van der Waals surface area contributed by atoms with E-state index in [9.17, 15) is 24.0 Å². The summed E-state index contributed by atoms with van der Waals surface area (Å²) in [6, 6.07) is -5.76. The lowest BCUT2D eigenvalue weighted by molar-refractivity contribution is -0.144. The van der Waals surface area contributed by atoms with Gasteiger partial charge in [-0.25, -0.2) is 4.79 Å². The average Bonchev–Trinajstić information content (AvgIpc) is 2.80. The van der Waals surface area contributed by atoms with Crippen LogP contribution in [0.25, 0.3) is 0 Å². The summed E-state index contributed by atoms with van der Waals surface area (Å²) in [5.41, 5.74) is 26.8. The van der Waals surface area contributed by atoms with E-state index in [1.807, 2.05) is 5.32 Å². The summed E-state index contributed by atoms with van der Waals surface area (Å²) in [7, 11) is 0. The molecule has 37 heavy (non-hydrogen) atoms. The topological polar surface area (TPSA) is 337 Å². The Morgan fingerprint density at radius 1 is 0.703 bits per heavy atom.